The lowest BCUT2D eigenvalue weighted by Gasteiger charge is -2.50. The summed E-state index contributed by atoms with van der Waals surface area (Å²) in [5.74, 6) is 0.630. The van der Waals surface area contributed by atoms with Gasteiger partial charge in [-0.2, -0.15) is 0 Å². The molecule has 2 amide bonds. The van der Waals surface area contributed by atoms with Crippen LogP contribution in [0.5, 0.6) is 0 Å². The van der Waals surface area contributed by atoms with Gasteiger partial charge in [-0.15, -0.1) is 0 Å². The van der Waals surface area contributed by atoms with Crippen molar-refractivity contribution in [3.63, 3.8) is 0 Å². The maximum Gasteiger partial charge on any atom is 0.222 e. The molecule has 2 aliphatic rings. The van der Waals surface area contributed by atoms with E-state index in [9.17, 15) is 9.59 Å². The topological polar surface area (TPSA) is 52.7 Å². The Morgan fingerprint density at radius 1 is 0.844 bits per heavy atom. The Kier molecular flexibility index (Phi) is 11.5. The molecular formula is C26H51N4O2+. The molecule has 2 rings (SSSR count). The summed E-state index contributed by atoms with van der Waals surface area (Å²) in [5, 5.41) is 3.49. The molecule has 6 nitrogen and oxygen atoms in total. The van der Waals surface area contributed by atoms with Gasteiger partial charge in [0.05, 0.1) is 27.2 Å². The number of nitrogens with zero attached hydrogens (tertiary/aromatic N) is 3. The zero-order valence-electron chi connectivity index (χ0n) is 21.6. The Morgan fingerprint density at radius 3 is 1.78 bits per heavy atom. The standard InChI is InChI=1S/C26H51N4O2/c1-5-6-7-8-9-10-11-22-30(3,4)26(23-27-2,16-20-28-18-12-14-24(28)31)17-21-29-19-13-15-25(29)32/h27H,5-23H2,1-4H3/q+1. The third-order valence-corrected chi connectivity index (χ3v) is 8.15. The fraction of sp³-hybridized carbons (Fsp3) is 0.923. The highest BCUT2D eigenvalue weighted by molar-refractivity contribution is 5.78. The summed E-state index contributed by atoms with van der Waals surface area (Å²) in [6, 6.07) is 0. The molecular weight excluding hydrogens is 400 g/mol. The molecule has 0 unspecified atom stereocenters. The van der Waals surface area contributed by atoms with E-state index >= 15 is 0 Å². The van der Waals surface area contributed by atoms with Crippen LogP contribution in [0.15, 0.2) is 0 Å². The Hall–Kier alpha value is -1.14. The highest BCUT2D eigenvalue weighted by Gasteiger charge is 2.45. The van der Waals surface area contributed by atoms with E-state index in [0.29, 0.717) is 24.7 Å². The zero-order valence-corrected chi connectivity index (χ0v) is 21.6. The second-order valence-corrected chi connectivity index (χ2v) is 10.8. The van der Waals surface area contributed by atoms with E-state index in [0.717, 1.165) is 69.4 Å². The van der Waals surface area contributed by atoms with Crippen molar-refractivity contribution in [2.75, 3.05) is 60.4 Å². The fourth-order valence-electron chi connectivity index (χ4n) is 5.72. The van der Waals surface area contributed by atoms with Gasteiger partial charge in [-0.25, -0.2) is 0 Å². The molecule has 0 bridgehead atoms. The van der Waals surface area contributed by atoms with Gasteiger partial charge in [-0.1, -0.05) is 39.0 Å². The van der Waals surface area contributed by atoms with Crippen LogP contribution in [0.25, 0.3) is 0 Å². The van der Waals surface area contributed by atoms with E-state index in [1.165, 1.54) is 44.9 Å². The predicted molar refractivity (Wildman–Crippen MR) is 132 cm³/mol. The average molecular weight is 452 g/mol. The van der Waals surface area contributed by atoms with Gasteiger partial charge >= 0.3 is 0 Å². The minimum atomic E-state index is 0.0166. The number of hydrogen-bond acceptors (Lipinski definition) is 3. The maximum atomic E-state index is 12.3. The van der Waals surface area contributed by atoms with E-state index in [2.05, 4.69) is 36.1 Å². The molecule has 0 aromatic heterocycles. The number of hydrogen-bond donors (Lipinski definition) is 1. The average Bonchev–Trinajstić information content (AvgIpc) is 3.36. The van der Waals surface area contributed by atoms with Crippen LogP contribution in [0, 0.1) is 0 Å². The third-order valence-electron chi connectivity index (χ3n) is 8.15. The van der Waals surface area contributed by atoms with E-state index < -0.39 is 0 Å². The molecule has 1 N–H and O–H groups in total. The minimum Gasteiger partial charge on any atom is -0.342 e. The van der Waals surface area contributed by atoms with Gasteiger partial charge in [0.2, 0.25) is 11.8 Å². The lowest BCUT2D eigenvalue weighted by atomic mass is 9.85. The van der Waals surface area contributed by atoms with Gasteiger partial charge in [-0.3, -0.25) is 9.59 Å². The van der Waals surface area contributed by atoms with Crippen LogP contribution in [-0.4, -0.2) is 92.0 Å². The summed E-state index contributed by atoms with van der Waals surface area (Å²) in [6.45, 7) is 7.83. The second-order valence-electron chi connectivity index (χ2n) is 10.8. The molecule has 32 heavy (non-hydrogen) atoms. The van der Waals surface area contributed by atoms with Gasteiger partial charge in [0.15, 0.2) is 0 Å². The number of carbonyl (C=O) groups excluding carboxylic acids is 2. The third kappa shape index (κ3) is 7.72. The summed E-state index contributed by atoms with van der Waals surface area (Å²) in [4.78, 5) is 28.7. The van der Waals surface area contributed by atoms with Gasteiger partial charge < -0.3 is 19.6 Å². The lowest BCUT2D eigenvalue weighted by Crippen LogP contribution is -2.65. The summed E-state index contributed by atoms with van der Waals surface area (Å²) >= 11 is 0. The summed E-state index contributed by atoms with van der Waals surface area (Å²) in [6.07, 6.45) is 14.7. The minimum absolute atomic E-state index is 0.0166. The van der Waals surface area contributed by atoms with Crippen molar-refractivity contribution in [3.8, 4) is 0 Å². The Balaban J connectivity index is 2.03. The predicted octanol–water partition coefficient (Wildman–Crippen LogP) is 3.80. The maximum absolute atomic E-state index is 12.3. The molecule has 0 aromatic rings. The Labute approximate surface area is 197 Å². The zero-order chi connectivity index (χ0) is 23.5. The van der Waals surface area contributed by atoms with Crippen LogP contribution in [0.3, 0.4) is 0 Å². The molecule has 2 aliphatic heterocycles. The van der Waals surface area contributed by atoms with Crippen molar-refractivity contribution in [2.24, 2.45) is 0 Å². The van der Waals surface area contributed by atoms with Crippen molar-refractivity contribution < 1.29 is 14.1 Å². The van der Waals surface area contributed by atoms with Gasteiger partial charge in [-0.05, 0) is 32.7 Å². The molecule has 186 valence electrons. The van der Waals surface area contributed by atoms with E-state index in [-0.39, 0.29) is 5.54 Å². The number of likely N-dealkylation sites (N-methyl/N-ethyl adjacent to an activating group) is 2. The normalized spacial score (nSPS) is 17.8. The Morgan fingerprint density at radius 2 is 1.34 bits per heavy atom. The second kappa shape index (κ2) is 13.5. The number of likely N-dealkylation sites (tertiary alicyclic amines) is 2. The van der Waals surface area contributed by atoms with E-state index in [1.54, 1.807) is 0 Å². The van der Waals surface area contributed by atoms with Crippen molar-refractivity contribution >= 4 is 11.8 Å². The molecule has 6 heteroatoms. The van der Waals surface area contributed by atoms with Crippen LogP contribution in [0.1, 0.15) is 90.4 Å². The number of nitrogens with one attached hydrogen (secondary N) is 1. The number of rotatable bonds is 17. The molecule has 0 radical (unpaired) electrons. The first kappa shape index (κ1) is 27.1. The molecule has 0 aromatic carbocycles. The van der Waals surface area contributed by atoms with Crippen LogP contribution < -0.4 is 5.32 Å². The van der Waals surface area contributed by atoms with E-state index in [1.807, 2.05) is 7.05 Å². The van der Waals surface area contributed by atoms with Crippen LogP contribution in [0.4, 0.5) is 0 Å². The molecule has 0 aliphatic carbocycles. The van der Waals surface area contributed by atoms with Crippen molar-refractivity contribution in [3.05, 3.63) is 0 Å². The molecule has 0 spiro atoms. The smallest absolute Gasteiger partial charge is 0.222 e. The summed E-state index contributed by atoms with van der Waals surface area (Å²) < 4.78 is 0.951. The molecule has 0 saturated carbocycles. The van der Waals surface area contributed by atoms with Gasteiger partial charge in [0, 0.05) is 51.9 Å². The van der Waals surface area contributed by atoms with E-state index in [4.69, 9.17) is 0 Å². The SMILES string of the molecule is CCCCCCCCC[N+](C)(C)C(CCN1CCCC1=O)(CCN1CCCC1=O)CNC. The van der Waals surface area contributed by atoms with Crippen molar-refractivity contribution in [2.45, 2.75) is 95.9 Å². The quantitative estimate of drug-likeness (QED) is 0.270. The molecule has 2 heterocycles. The first-order chi connectivity index (χ1) is 15.3. The molecule has 0 atom stereocenters. The van der Waals surface area contributed by atoms with Crippen LogP contribution >= 0.6 is 0 Å². The summed E-state index contributed by atoms with van der Waals surface area (Å²) in [5.41, 5.74) is 0.0166. The number of unbranched alkanes of at least 4 members (excludes halogenated alkanes) is 6. The lowest BCUT2D eigenvalue weighted by molar-refractivity contribution is -0.941. The first-order valence-corrected chi connectivity index (χ1v) is 13.4. The highest BCUT2D eigenvalue weighted by atomic mass is 16.2. The van der Waals surface area contributed by atoms with Gasteiger partial charge in [0.1, 0.15) is 5.54 Å². The fourth-order valence-corrected chi connectivity index (χ4v) is 5.72. The number of carbonyl (C=O) groups is 2. The summed E-state index contributed by atoms with van der Waals surface area (Å²) in [7, 11) is 6.81. The number of quaternary nitrogens is 1. The molecule has 2 saturated heterocycles. The first-order valence-electron chi connectivity index (χ1n) is 13.4. The Bertz CT molecular complexity index is 548. The van der Waals surface area contributed by atoms with Crippen LogP contribution in [0.2, 0.25) is 0 Å². The van der Waals surface area contributed by atoms with Crippen LogP contribution in [-0.2, 0) is 9.59 Å². The van der Waals surface area contributed by atoms with Crippen molar-refractivity contribution in [1.29, 1.82) is 0 Å². The van der Waals surface area contributed by atoms with Crippen molar-refractivity contribution in [1.82, 2.24) is 15.1 Å². The number of amides is 2. The molecule has 2 fully saturated rings. The largest absolute Gasteiger partial charge is 0.342 e. The highest BCUT2D eigenvalue weighted by Crippen LogP contribution is 2.31. The van der Waals surface area contributed by atoms with Gasteiger partial charge in [0.25, 0.3) is 0 Å². The monoisotopic (exact) mass is 451 g/mol.